The van der Waals surface area contributed by atoms with E-state index in [4.69, 9.17) is 5.11 Å². The van der Waals surface area contributed by atoms with Gasteiger partial charge in [0.25, 0.3) is 0 Å². The Morgan fingerprint density at radius 3 is 2.39 bits per heavy atom. The van der Waals surface area contributed by atoms with E-state index in [0.29, 0.717) is 17.4 Å². The number of phenols is 1. The van der Waals surface area contributed by atoms with Crippen LogP contribution in [0, 0.1) is 0 Å². The van der Waals surface area contributed by atoms with Crippen molar-refractivity contribution in [1.29, 1.82) is 0 Å². The van der Waals surface area contributed by atoms with Crippen LogP contribution in [0.3, 0.4) is 0 Å². The Hall–Kier alpha value is -0.670. The molecule has 0 fully saturated rings. The molecule has 2 atom stereocenters. The van der Waals surface area contributed by atoms with Crippen molar-refractivity contribution in [2.45, 2.75) is 44.8 Å². The number of phenolic OH excluding ortho intramolecular Hbond substituents is 1. The number of hydrogen-bond acceptors (Lipinski definition) is 3. The lowest BCUT2D eigenvalue weighted by atomic mass is 9.94. The van der Waals surface area contributed by atoms with E-state index in [0.717, 1.165) is 24.0 Å². The van der Waals surface area contributed by atoms with Gasteiger partial charge in [0, 0.05) is 16.6 Å². The van der Waals surface area contributed by atoms with Crippen LogP contribution in [-0.2, 0) is 0 Å². The highest BCUT2D eigenvalue weighted by Gasteiger charge is 2.18. The van der Waals surface area contributed by atoms with Crippen LogP contribution in [0.15, 0.2) is 18.2 Å². The van der Waals surface area contributed by atoms with Crippen molar-refractivity contribution >= 4 is 11.8 Å². The van der Waals surface area contributed by atoms with Gasteiger partial charge < -0.3 is 10.2 Å². The van der Waals surface area contributed by atoms with Gasteiger partial charge >= 0.3 is 0 Å². The minimum atomic E-state index is 0.187. The van der Waals surface area contributed by atoms with Crippen LogP contribution in [0.4, 0.5) is 0 Å². The van der Waals surface area contributed by atoms with E-state index < -0.39 is 0 Å². The molecule has 0 radical (unpaired) electrons. The zero-order valence-electron chi connectivity index (χ0n) is 11.5. The Kier molecular flexibility index (Phi) is 6.58. The second-order valence-corrected chi connectivity index (χ2v) is 5.90. The maximum atomic E-state index is 10.4. The van der Waals surface area contributed by atoms with E-state index in [1.807, 2.05) is 18.2 Å². The fourth-order valence-corrected chi connectivity index (χ4v) is 3.08. The second-order valence-electron chi connectivity index (χ2n) is 4.59. The summed E-state index contributed by atoms with van der Waals surface area (Å²) in [5.74, 6) is 1.54. The highest BCUT2D eigenvalue weighted by atomic mass is 32.2. The van der Waals surface area contributed by atoms with Gasteiger partial charge in [-0.3, -0.25) is 0 Å². The molecule has 1 aromatic rings. The molecule has 0 aliphatic heterocycles. The SMILES string of the molecule is CCC(C)c1cccc(C(CC)SCCO)c1O. The van der Waals surface area contributed by atoms with E-state index in [-0.39, 0.29) is 11.9 Å². The quantitative estimate of drug-likeness (QED) is 0.782. The Bertz CT molecular complexity index is 366. The van der Waals surface area contributed by atoms with Crippen LogP contribution in [0.25, 0.3) is 0 Å². The van der Waals surface area contributed by atoms with E-state index in [2.05, 4.69) is 20.8 Å². The highest BCUT2D eigenvalue weighted by Crippen LogP contribution is 2.40. The second kappa shape index (κ2) is 7.70. The van der Waals surface area contributed by atoms with Gasteiger partial charge in [-0.15, -0.1) is 0 Å². The van der Waals surface area contributed by atoms with Crippen molar-refractivity contribution in [2.24, 2.45) is 0 Å². The Labute approximate surface area is 114 Å². The van der Waals surface area contributed by atoms with Gasteiger partial charge in [-0.1, -0.05) is 39.0 Å². The van der Waals surface area contributed by atoms with Gasteiger partial charge in [0.15, 0.2) is 0 Å². The summed E-state index contributed by atoms with van der Waals surface area (Å²) in [6.45, 7) is 6.58. The highest BCUT2D eigenvalue weighted by molar-refractivity contribution is 7.99. The van der Waals surface area contributed by atoms with E-state index in [1.165, 1.54) is 0 Å². The first kappa shape index (κ1) is 15.4. The van der Waals surface area contributed by atoms with Crippen LogP contribution in [0.2, 0.25) is 0 Å². The molecule has 0 saturated carbocycles. The van der Waals surface area contributed by atoms with E-state index in [1.54, 1.807) is 11.8 Å². The fourth-order valence-electron chi connectivity index (χ4n) is 2.08. The Morgan fingerprint density at radius 2 is 1.83 bits per heavy atom. The first-order valence-electron chi connectivity index (χ1n) is 6.69. The van der Waals surface area contributed by atoms with Crippen molar-refractivity contribution in [2.75, 3.05) is 12.4 Å². The molecule has 0 bridgehead atoms. The summed E-state index contributed by atoms with van der Waals surface area (Å²) in [6, 6.07) is 6.04. The topological polar surface area (TPSA) is 40.5 Å². The largest absolute Gasteiger partial charge is 0.507 e. The lowest BCUT2D eigenvalue weighted by molar-refractivity contribution is 0.322. The van der Waals surface area contributed by atoms with Crippen LogP contribution in [0.5, 0.6) is 5.75 Å². The number of benzene rings is 1. The fraction of sp³-hybridized carbons (Fsp3) is 0.600. The first-order chi connectivity index (χ1) is 8.65. The number of rotatable bonds is 7. The zero-order chi connectivity index (χ0) is 13.5. The summed E-state index contributed by atoms with van der Waals surface area (Å²) < 4.78 is 0. The van der Waals surface area contributed by atoms with Crippen molar-refractivity contribution in [3.8, 4) is 5.75 Å². The summed E-state index contributed by atoms with van der Waals surface area (Å²) >= 11 is 1.71. The molecule has 3 heteroatoms. The number of aliphatic hydroxyl groups is 1. The maximum absolute atomic E-state index is 10.4. The van der Waals surface area contributed by atoms with Gasteiger partial charge in [-0.05, 0) is 24.3 Å². The third-order valence-corrected chi connectivity index (χ3v) is 4.78. The average molecular weight is 268 g/mol. The van der Waals surface area contributed by atoms with Gasteiger partial charge in [-0.2, -0.15) is 11.8 Å². The van der Waals surface area contributed by atoms with Crippen LogP contribution in [-0.4, -0.2) is 22.6 Å². The van der Waals surface area contributed by atoms with Crippen molar-refractivity contribution in [1.82, 2.24) is 0 Å². The third kappa shape index (κ3) is 3.66. The smallest absolute Gasteiger partial charge is 0.123 e. The molecule has 0 heterocycles. The van der Waals surface area contributed by atoms with Crippen LogP contribution >= 0.6 is 11.8 Å². The van der Waals surface area contributed by atoms with Crippen molar-refractivity contribution in [3.05, 3.63) is 29.3 Å². The van der Waals surface area contributed by atoms with E-state index in [9.17, 15) is 5.11 Å². The number of thioether (sulfide) groups is 1. The zero-order valence-corrected chi connectivity index (χ0v) is 12.3. The molecule has 2 N–H and O–H groups in total. The lowest BCUT2D eigenvalue weighted by Gasteiger charge is -2.20. The number of para-hydroxylation sites is 1. The molecule has 0 aromatic heterocycles. The van der Waals surface area contributed by atoms with Crippen molar-refractivity contribution in [3.63, 3.8) is 0 Å². The van der Waals surface area contributed by atoms with Crippen molar-refractivity contribution < 1.29 is 10.2 Å². The molecule has 0 amide bonds. The molecule has 0 aliphatic carbocycles. The lowest BCUT2D eigenvalue weighted by Crippen LogP contribution is -2.00. The van der Waals surface area contributed by atoms with Crippen LogP contribution < -0.4 is 0 Å². The summed E-state index contributed by atoms with van der Waals surface area (Å²) in [7, 11) is 0. The van der Waals surface area contributed by atoms with Gasteiger partial charge in [0.05, 0.1) is 6.61 Å². The molecule has 18 heavy (non-hydrogen) atoms. The van der Waals surface area contributed by atoms with Gasteiger partial charge in [0.1, 0.15) is 5.75 Å². The Balaban J connectivity index is 3.00. The third-order valence-electron chi connectivity index (χ3n) is 3.37. The van der Waals surface area contributed by atoms with E-state index >= 15 is 0 Å². The summed E-state index contributed by atoms with van der Waals surface area (Å²) in [4.78, 5) is 0. The molecule has 102 valence electrons. The monoisotopic (exact) mass is 268 g/mol. The molecule has 0 spiro atoms. The maximum Gasteiger partial charge on any atom is 0.123 e. The molecule has 0 aliphatic rings. The molecular formula is C15H24O2S. The summed E-state index contributed by atoms with van der Waals surface area (Å²) in [6.07, 6.45) is 1.99. The predicted molar refractivity (Wildman–Crippen MR) is 79.4 cm³/mol. The standard InChI is InChI=1S/C15H24O2S/c1-4-11(3)12-7-6-8-13(15(12)17)14(5-2)18-10-9-16/h6-8,11,14,16-17H,4-5,9-10H2,1-3H3. The molecular weight excluding hydrogens is 244 g/mol. The van der Waals surface area contributed by atoms with Crippen LogP contribution in [0.1, 0.15) is 55.9 Å². The molecule has 2 unspecified atom stereocenters. The number of aliphatic hydroxyl groups excluding tert-OH is 1. The molecule has 0 saturated heterocycles. The number of aromatic hydroxyl groups is 1. The average Bonchev–Trinajstić information content (AvgIpc) is 2.40. The Morgan fingerprint density at radius 1 is 1.17 bits per heavy atom. The molecule has 1 aromatic carbocycles. The number of hydrogen-bond donors (Lipinski definition) is 2. The normalized spacial score (nSPS) is 14.4. The minimum Gasteiger partial charge on any atom is -0.507 e. The predicted octanol–water partition coefficient (Wildman–Crippen LogP) is 4.08. The minimum absolute atomic E-state index is 0.187. The van der Waals surface area contributed by atoms with Gasteiger partial charge in [-0.25, -0.2) is 0 Å². The molecule has 1 rings (SSSR count). The van der Waals surface area contributed by atoms with Gasteiger partial charge in [0.2, 0.25) is 0 Å². The first-order valence-corrected chi connectivity index (χ1v) is 7.74. The summed E-state index contributed by atoms with van der Waals surface area (Å²) in [5.41, 5.74) is 2.05. The summed E-state index contributed by atoms with van der Waals surface area (Å²) in [5, 5.41) is 19.6. The molecule has 2 nitrogen and oxygen atoms in total.